The maximum atomic E-state index is 13.5. The number of thiophene rings is 1. The van der Waals surface area contributed by atoms with Gasteiger partial charge in [-0.1, -0.05) is 32.5 Å². The second kappa shape index (κ2) is 11.0. The number of aromatic nitrogens is 2. The maximum absolute atomic E-state index is 13.5. The molecule has 0 saturated carbocycles. The van der Waals surface area contributed by atoms with Crippen molar-refractivity contribution in [1.82, 2.24) is 14.5 Å². The van der Waals surface area contributed by atoms with E-state index in [1.807, 2.05) is 12.1 Å². The van der Waals surface area contributed by atoms with E-state index in [1.54, 1.807) is 20.8 Å². The van der Waals surface area contributed by atoms with Gasteiger partial charge in [-0.15, -0.1) is 11.3 Å². The number of amides is 1. The van der Waals surface area contributed by atoms with Gasteiger partial charge in [0.2, 0.25) is 5.91 Å². The molecule has 0 bridgehead atoms. The van der Waals surface area contributed by atoms with Crippen molar-refractivity contribution in [2.24, 2.45) is 11.8 Å². The highest BCUT2D eigenvalue weighted by Gasteiger charge is 2.25. The van der Waals surface area contributed by atoms with Crippen molar-refractivity contribution in [3.63, 3.8) is 0 Å². The number of fused-ring (bicyclic) bond motifs is 3. The molecule has 1 aliphatic carbocycles. The number of aryl methyl sites for hydroxylation is 1. The van der Waals surface area contributed by atoms with Crippen LogP contribution in [0.4, 0.5) is 0 Å². The molecule has 0 aromatic carbocycles. The first-order valence-corrected chi connectivity index (χ1v) is 12.8. The fraction of sp³-hybridized carbons (Fsp3) is 0.609. The molecule has 2 heterocycles. The van der Waals surface area contributed by atoms with Crippen molar-refractivity contribution in [3.8, 4) is 12.1 Å². The molecule has 1 atom stereocenters. The summed E-state index contributed by atoms with van der Waals surface area (Å²) < 4.78 is 1.73. The highest BCUT2D eigenvalue weighted by molar-refractivity contribution is 7.99. The third-order valence-electron chi connectivity index (χ3n) is 5.59. The van der Waals surface area contributed by atoms with Crippen molar-refractivity contribution >= 4 is 39.2 Å². The minimum Gasteiger partial charge on any atom is -0.340 e. The summed E-state index contributed by atoms with van der Waals surface area (Å²) >= 11 is 2.89. The fourth-order valence-electron chi connectivity index (χ4n) is 3.99. The van der Waals surface area contributed by atoms with Crippen LogP contribution in [0.15, 0.2) is 9.95 Å². The summed E-state index contributed by atoms with van der Waals surface area (Å²) in [7, 11) is 0. The van der Waals surface area contributed by atoms with Crippen molar-refractivity contribution in [1.29, 1.82) is 10.5 Å². The van der Waals surface area contributed by atoms with Crippen LogP contribution in [0, 0.1) is 34.5 Å². The van der Waals surface area contributed by atoms with Crippen LogP contribution >= 0.6 is 23.1 Å². The summed E-state index contributed by atoms with van der Waals surface area (Å²) in [5, 5.41) is 19.1. The molecule has 3 rings (SSSR count). The minimum absolute atomic E-state index is 0.00322. The second-order valence-electron chi connectivity index (χ2n) is 8.72. The van der Waals surface area contributed by atoms with Crippen LogP contribution in [-0.4, -0.2) is 39.2 Å². The van der Waals surface area contributed by atoms with E-state index in [9.17, 15) is 9.59 Å². The molecular formula is C23H29N5O2S2. The van der Waals surface area contributed by atoms with E-state index < -0.39 is 0 Å². The van der Waals surface area contributed by atoms with Gasteiger partial charge in [-0.2, -0.15) is 10.5 Å². The van der Waals surface area contributed by atoms with Crippen LogP contribution in [0.3, 0.4) is 0 Å². The monoisotopic (exact) mass is 471 g/mol. The standard InChI is InChI=1S/C23H29N5O2S2/c1-15(2)13-28-22(30)20-17-7-6-16(3)12-18(17)32-21(20)26-23(28)31-14-19(29)27(10-4-8-24)11-5-9-25/h15-16H,4-7,10-14H2,1-3H3. The Balaban J connectivity index is 1.91. The molecule has 0 spiro atoms. The van der Waals surface area contributed by atoms with Crippen molar-refractivity contribution in [3.05, 3.63) is 20.8 Å². The van der Waals surface area contributed by atoms with Crippen LogP contribution in [0.1, 0.15) is 50.5 Å². The van der Waals surface area contributed by atoms with Gasteiger partial charge in [-0.25, -0.2) is 4.98 Å². The van der Waals surface area contributed by atoms with Crippen LogP contribution < -0.4 is 5.56 Å². The predicted molar refractivity (Wildman–Crippen MR) is 128 cm³/mol. The zero-order chi connectivity index (χ0) is 23.3. The zero-order valence-corrected chi connectivity index (χ0v) is 20.5. The number of nitriles is 2. The zero-order valence-electron chi connectivity index (χ0n) is 18.9. The quantitative estimate of drug-likeness (QED) is 0.405. The summed E-state index contributed by atoms with van der Waals surface area (Å²) in [6, 6.07) is 4.10. The van der Waals surface area contributed by atoms with Gasteiger partial charge in [0.1, 0.15) is 4.83 Å². The number of carbonyl (C=O) groups excluding carboxylic acids is 1. The number of hydrogen-bond donors (Lipinski definition) is 0. The van der Waals surface area contributed by atoms with Crippen molar-refractivity contribution < 1.29 is 4.79 Å². The van der Waals surface area contributed by atoms with Crippen molar-refractivity contribution in [2.45, 2.75) is 64.6 Å². The van der Waals surface area contributed by atoms with Gasteiger partial charge in [0, 0.05) is 24.5 Å². The minimum atomic E-state index is -0.148. The normalized spacial score (nSPS) is 15.4. The molecule has 32 heavy (non-hydrogen) atoms. The van der Waals surface area contributed by atoms with Gasteiger partial charge in [-0.05, 0) is 36.7 Å². The van der Waals surface area contributed by atoms with Crippen LogP contribution in [0.2, 0.25) is 0 Å². The van der Waals surface area contributed by atoms with Gasteiger partial charge < -0.3 is 4.90 Å². The number of thioether (sulfide) groups is 1. The van der Waals surface area contributed by atoms with E-state index in [2.05, 4.69) is 20.8 Å². The SMILES string of the molecule is CC(C)Cn1c(SCC(=O)N(CCC#N)CCC#N)nc2sc3c(c2c1=O)CCC(C)C3. The number of carbonyl (C=O) groups is 1. The van der Waals surface area contributed by atoms with E-state index in [0.717, 1.165) is 29.5 Å². The van der Waals surface area contributed by atoms with E-state index in [4.69, 9.17) is 15.5 Å². The first-order valence-electron chi connectivity index (χ1n) is 11.0. The molecule has 2 aromatic heterocycles. The van der Waals surface area contributed by atoms with Crippen LogP contribution in [0.5, 0.6) is 0 Å². The molecule has 0 aliphatic heterocycles. The topological polar surface area (TPSA) is 103 Å². The van der Waals surface area contributed by atoms with E-state index in [-0.39, 0.29) is 36.0 Å². The highest BCUT2D eigenvalue weighted by Crippen LogP contribution is 2.36. The molecule has 9 heteroatoms. The Morgan fingerprint density at radius 3 is 2.62 bits per heavy atom. The van der Waals surface area contributed by atoms with Crippen LogP contribution in [-0.2, 0) is 24.2 Å². The molecule has 1 amide bonds. The lowest BCUT2D eigenvalue weighted by Crippen LogP contribution is -2.34. The number of hydrogen-bond acceptors (Lipinski definition) is 7. The largest absolute Gasteiger partial charge is 0.340 e. The lowest BCUT2D eigenvalue weighted by Gasteiger charge is -2.21. The van der Waals surface area contributed by atoms with Gasteiger partial charge in [0.25, 0.3) is 5.56 Å². The third-order valence-corrected chi connectivity index (χ3v) is 7.70. The predicted octanol–water partition coefficient (Wildman–Crippen LogP) is 3.99. The van der Waals surface area contributed by atoms with Gasteiger partial charge >= 0.3 is 0 Å². The summed E-state index contributed by atoms with van der Waals surface area (Å²) in [6.07, 6.45) is 3.46. The van der Waals surface area contributed by atoms with Gasteiger partial charge in [0.15, 0.2) is 5.16 Å². The molecule has 7 nitrogen and oxygen atoms in total. The first-order chi connectivity index (χ1) is 15.3. The Hall–Kier alpha value is -2.36. The molecule has 1 unspecified atom stereocenters. The maximum Gasteiger partial charge on any atom is 0.263 e. The molecule has 0 N–H and O–H groups in total. The Morgan fingerprint density at radius 2 is 2.00 bits per heavy atom. The van der Waals surface area contributed by atoms with Gasteiger partial charge in [0.05, 0.1) is 36.1 Å². The average Bonchev–Trinajstić information content (AvgIpc) is 3.11. The molecule has 0 fully saturated rings. The van der Waals surface area contributed by atoms with E-state index in [0.29, 0.717) is 30.7 Å². The molecule has 0 radical (unpaired) electrons. The summed E-state index contributed by atoms with van der Waals surface area (Å²) in [5.41, 5.74) is 1.17. The lowest BCUT2D eigenvalue weighted by molar-refractivity contribution is -0.128. The number of nitrogens with zero attached hydrogens (tertiary/aromatic N) is 5. The summed E-state index contributed by atoms with van der Waals surface area (Å²) in [4.78, 5) is 34.7. The van der Waals surface area contributed by atoms with Gasteiger partial charge in [-0.3, -0.25) is 14.2 Å². The molecular weight excluding hydrogens is 442 g/mol. The van der Waals surface area contributed by atoms with Crippen LogP contribution in [0.25, 0.3) is 10.2 Å². The highest BCUT2D eigenvalue weighted by atomic mass is 32.2. The Labute approximate surface area is 197 Å². The smallest absolute Gasteiger partial charge is 0.263 e. The molecule has 0 saturated heterocycles. The lowest BCUT2D eigenvalue weighted by atomic mass is 9.89. The van der Waals surface area contributed by atoms with E-state index >= 15 is 0 Å². The average molecular weight is 472 g/mol. The fourth-order valence-corrected chi connectivity index (χ4v) is 6.33. The van der Waals surface area contributed by atoms with E-state index in [1.165, 1.54) is 22.2 Å². The Morgan fingerprint density at radius 1 is 1.31 bits per heavy atom. The molecule has 1 aliphatic rings. The molecule has 2 aromatic rings. The number of rotatable bonds is 9. The summed E-state index contributed by atoms with van der Waals surface area (Å²) in [6.45, 7) is 7.53. The Bertz CT molecular complexity index is 1100. The third kappa shape index (κ3) is 5.51. The van der Waals surface area contributed by atoms with Crippen molar-refractivity contribution in [2.75, 3.05) is 18.8 Å². The summed E-state index contributed by atoms with van der Waals surface area (Å²) in [5.74, 6) is 0.854. The second-order valence-corrected chi connectivity index (χ2v) is 10.7. The Kier molecular flexibility index (Phi) is 8.33. The molecule has 170 valence electrons. The first kappa shape index (κ1) is 24.3.